The SMILES string of the molecule is COC(=O)C(C)C(O)c1ccc(C(F)(F)F)cc1. The topological polar surface area (TPSA) is 46.5 Å². The second-order valence-electron chi connectivity index (χ2n) is 3.88. The summed E-state index contributed by atoms with van der Waals surface area (Å²) in [6.07, 6.45) is -5.61. The van der Waals surface area contributed by atoms with Crippen molar-refractivity contribution in [2.24, 2.45) is 5.92 Å². The lowest BCUT2D eigenvalue weighted by molar-refractivity contribution is -0.148. The Hall–Kier alpha value is -1.56. The highest BCUT2D eigenvalue weighted by molar-refractivity contribution is 5.72. The van der Waals surface area contributed by atoms with E-state index < -0.39 is 29.7 Å². The summed E-state index contributed by atoms with van der Waals surface area (Å²) in [5, 5.41) is 9.80. The van der Waals surface area contributed by atoms with Crippen molar-refractivity contribution in [1.82, 2.24) is 0 Å². The number of halogens is 3. The minimum Gasteiger partial charge on any atom is -0.469 e. The van der Waals surface area contributed by atoms with Crippen LogP contribution in [-0.2, 0) is 15.7 Å². The van der Waals surface area contributed by atoms with Crippen molar-refractivity contribution < 1.29 is 27.8 Å². The number of ether oxygens (including phenoxy) is 1. The Morgan fingerprint density at radius 2 is 1.78 bits per heavy atom. The highest BCUT2D eigenvalue weighted by Gasteiger charge is 2.31. The predicted octanol–water partition coefficient (Wildman–Crippen LogP) is 2.55. The number of aliphatic hydroxyl groups is 1. The van der Waals surface area contributed by atoms with Gasteiger partial charge in [0.15, 0.2) is 0 Å². The van der Waals surface area contributed by atoms with Gasteiger partial charge in [-0.2, -0.15) is 13.2 Å². The summed E-state index contributed by atoms with van der Waals surface area (Å²) < 4.78 is 41.4. The molecule has 1 rings (SSSR count). The van der Waals surface area contributed by atoms with Crippen LogP contribution in [0.25, 0.3) is 0 Å². The Balaban J connectivity index is 2.89. The van der Waals surface area contributed by atoms with Gasteiger partial charge in [-0.05, 0) is 24.6 Å². The molecule has 0 aliphatic carbocycles. The number of alkyl halides is 3. The highest BCUT2D eigenvalue weighted by Crippen LogP contribution is 2.31. The molecule has 0 spiro atoms. The molecule has 1 aromatic rings. The van der Waals surface area contributed by atoms with Gasteiger partial charge in [-0.1, -0.05) is 12.1 Å². The number of hydrogen-bond acceptors (Lipinski definition) is 3. The third-order valence-electron chi connectivity index (χ3n) is 2.63. The lowest BCUT2D eigenvalue weighted by Gasteiger charge is -2.17. The van der Waals surface area contributed by atoms with Crippen molar-refractivity contribution in [2.75, 3.05) is 7.11 Å². The maximum absolute atomic E-state index is 12.3. The lowest BCUT2D eigenvalue weighted by atomic mass is 9.96. The van der Waals surface area contributed by atoms with E-state index in [-0.39, 0.29) is 5.56 Å². The Labute approximate surface area is 102 Å². The van der Waals surface area contributed by atoms with Gasteiger partial charge in [0, 0.05) is 0 Å². The third kappa shape index (κ3) is 3.22. The first-order chi connectivity index (χ1) is 8.27. The molecule has 100 valence electrons. The molecule has 18 heavy (non-hydrogen) atoms. The van der Waals surface area contributed by atoms with Crippen LogP contribution in [0.15, 0.2) is 24.3 Å². The molecule has 6 heteroatoms. The fraction of sp³-hybridized carbons (Fsp3) is 0.417. The maximum Gasteiger partial charge on any atom is 0.416 e. The summed E-state index contributed by atoms with van der Waals surface area (Å²) >= 11 is 0. The lowest BCUT2D eigenvalue weighted by Crippen LogP contribution is -2.20. The molecule has 0 bridgehead atoms. The molecule has 0 aliphatic heterocycles. The van der Waals surface area contributed by atoms with E-state index in [2.05, 4.69) is 4.74 Å². The van der Waals surface area contributed by atoms with E-state index in [4.69, 9.17) is 0 Å². The van der Waals surface area contributed by atoms with Crippen LogP contribution in [0.5, 0.6) is 0 Å². The van der Waals surface area contributed by atoms with E-state index in [0.29, 0.717) is 0 Å². The average Bonchev–Trinajstić information content (AvgIpc) is 2.35. The molecule has 0 radical (unpaired) electrons. The van der Waals surface area contributed by atoms with E-state index in [1.807, 2.05) is 0 Å². The number of benzene rings is 1. The van der Waals surface area contributed by atoms with Crippen molar-refractivity contribution in [3.05, 3.63) is 35.4 Å². The summed E-state index contributed by atoms with van der Waals surface area (Å²) in [5.41, 5.74) is -0.565. The van der Waals surface area contributed by atoms with Gasteiger partial charge < -0.3 is 9.84 Å². The summed E-state index contributed by atoms with van der Waals surface area (Å²) in [7, 11) is 1.18. The standard InChI is InChI=1S/C12H13F3O3/c1-7(11(17)18-2)10(16)8-3-5-9(6-4-8)12(13,14)15/h3-7,10,16H,1-2H3. The van der Waals surface area contributed by atoms with Gasteiger partial charge in [0.1, 0.15) is 0 Å². The molecule has 0 heterocycles. The molecule has 0 saturated heterocycles. The molecule has 2 unspecified atom stereocenters. The Kier molecular flexibility index (Phi) is 4.34. The number of carbonyl (C=O) groups excluding carboxylic acids is 1. The Morgan fingerprint density at radius 1 is 1.28 bits per heavy atom. The normalized spacial score (nSPS) is 15.0. The number of hydrogen-bond donors (Lipinski definition) is 1. The molecule has 1 N–H and O–H groups in total. The largest absolute Gasteiger partial charge is 0.469 e. The van der Waals surface area contributed by atoms with Crippen LogP contribution >= 0.6 is 0 Å². The molecule has 0 aromatic heterocycles. The van der Waals surface area contributed by atoms with Gasteiger partial charge in [-0.15, -0.1) is 0 Å². The Bertz CT molecular complexity index is 412. The summed E-state index contributed by atoms with van der Waals surface area (Å²) in [4.78, 5) is 11.2. The highest BCUT2D eigenvalue weighted by atomic mass is 19.4. The van der Waals surface area contributed by atoms with Crippen LogP contribution < -0.4 is 0 Å². The molecule has 0 aliphatic rings. The van der Waals surface area contributed by atoms with Crippen molar-refractivity contribution in [1.29, 1.82) is 0 Å². The minimum atomic E-state index is -4.42. The second kappa shape index (κ2) is 5.39. The van der Waals surface area contributed by atoms with E-state index in [0.717, 1.165) is 24.3 Å². The van der Waals surface area contributed by atoms with Crippen LogP contribution in [0.4, 0.5) is 13.2 Å². The first-order valence-corrected chi connectivity index (χ1v) is 5.20. The molecule has 1 aromatic carbocycles. The van der Waals surface area contributed by atoms with E-state index in [9.17, 15) is 23.1 Å². The monoisotopic (exact) mass is 262 g/mol. The van der Waals surface area contributed by atoms with E-state index >= 15 is 0 Å². The van der Waals surface area contributed by atoms with Crippen molar-refractivity contribution in [3.63, 3.8) is 0 Å². The van der Waals surface area contributed by atoms with Crippen molar-refractivity contribution in [3.8, 4) is 0 Å². The van der Waals surface area contributed by atoms with Crippen LogP contribution in [0.3, 0.4) is 0 Å². The van der Waals surface area contributed by atoms with Crippen LogP contribution in [0, 0.1) is 5.92 Å². The zero-order chi connectivity index (χ0) is 13.9. The third-order valence-corrected chi connectivity index (χ3v) is 2.63. The summed E-state index contributed by atoms with van der Waals surface area (Å²) in [6, 6.07) is 4.02. The van der Waals surface area contributed by atoms with E-state index in [1.54, 1.807) is 0 Å². The fourth-order valence-corrected chi connectivity index (χ4v) is 1.47. The summed E-state index contributed by atoms with van der Waals surface area (Å²) in [5.74, 6) is -1.46. The number of carbonyl (C=O) groups is 1. The number of esters is 1. The molecular formula is C12H13F3O3. The molecule has 0 amide bonds. The molecule has 0 saturated carbocycles. The maximum atomic E-state index is 12.3. The van der Waals surface area contributed by atoms with Gasteiger partial charge in [0.05, 0.1) is 24.7 Å². The van der Waals surface area contributed by atoms with Gasteiger partial charge in [0.2, 0.25) is 0 Å². The van der Waals surface area contributed by atoms with Crippen molar-refractivity contribution >= 4 is 5.97 Å². The first kappa shape index (κ1) is 14.5. The zero-order valence-electron chi connectivity index (χ0n) is 9.86. The van der Waals surface area contributed by atoms with Gasteiger partial charge >= 0.3 is 12.1 Å². The molecule has 0 fully saturated rings. The van der Waals surface area contributed by atoms with Gasteiger partial charge in [0.25, 0.3) is 0 Å². The Morgan fingerprint density at radius 3 is 2.17 bits per heavy atom. The fourth-order valence-electron chi connectivity index (χ4n) is 1.47. The van der Waals surface area contributed by atoms with Crippen molar-refractivity contribution in [2.45, 2.75) is 19.2 Å². The average molecular weight is 262 g/mol. The molecule has 3 nitrogen and oxygen atoms in total. The molecular weight excluding hydrogens is 249 g/mol. The molecule has 2 atom stereocenters. The smallest absolute Gasteiger partial charge is 0.416 e. The summed E-state index contributed by atoms with van der Waals surface area (Å²) in [6.45, 7) is 1.44. The second-order valence-corrected chi connectivity index (χ2v) is 3.88. The van der Waals surface area contributed by atoms with Crippen LogP contribution in [-0.4, -0.2) is 18.2 Å². The van der Waals surface area contributed by atoms with Gasteiger partial charge in [-0.3, -0.25) is 4.79 Å². The predicted molar refractivity (Wildman–Crippen MR) is 57.6 cm³/mol. The van der Waals surface area contributed by atoms with Crippen LogP contribution in [0.2, 0.25) is 0 Å². The number of rotatable bonds is 3. The number of aliphatic hydroxyl groups excluding tert-OH is 1. The minimum absolute atomic E-state index is 0.237. The quantitative estimate of drug-likeness (QED) is 0.851. The van der Waals surface area contributed by atoms with E-state index in [1.165, 1.54) is 14.0 Å². The zero-order valence-corrected chi connectivity index (χ0v) is 9.86. The van der Waals surface area contributed by atoms with Gasteiger partial charge in [-0.25, -0.2) is 0 Å². The first-order valence-electron chi connectivity index (χ1n) is 5.20. The number of methoxy groups -OCH3 is 1. The van der Waals surface area contributed by atoms with Crippen LogP contribution in [0.1, 0.15) is 24.2 Å².